The van der Waals surface area contributed by atoms with Gasteiger partial charge in [0.15, 0.2) is 0 Å². The fourth-order valence-electron chi connectivity index (χ4n) is 14.9. The van der Waals surface area contributed by atoms with Gasteiger partial charge in [-0.3, -0.25) is 0 Å². The van der Waals surface area contributed by atoms with Gasteiger partial charge in [-0.1, -0.05) is 136 Å². The largest absolute Gasteiger partial charge is 0.496 e. The van der Waals surface area contributed by atoms with Crippen LogP contribution < -0.4 is 30.7 Å². The van der Waals surface area contributed by atoms with E-state index in [9.17, 15) is 0 Å². The summed E-state index contributed by atoms with van der Waals surface area (Å²) in [6, 6.07) is 23.7. The molecule has 0 saturated carbocycles. The highest BCUT2D eigenvalue weighted by atomic mass is 31.1. The SMILES string of the molecule is COc1cccc(P2C3C[C@@H](C)C2C[C@H]3C)c1-c1c(OC)cccc1P1C2C[C@@H](C)C1C[C@H]2C.C[C@@H]1CC2[C@H](C)CC1P2c1ccccc1P1C2C[C@@H](C)C1C[C@H]2C. The van der Waals surface area contributed by atoms with Crippen LogP contribution in [0.3, 0.4) is 0 Å². The molecule has 312 valence electrons. The van der Waals surface area contributed by atoms with E-state index in [0.717, 1.165) is 104 Å². The summed E-state index contributed by atoms with van der Waals surface area (Å²) in [5, 5.41) is 6.93. The van der Waals surface area contributed by atoms with Crippen molar-refractivity contribution in [3.63, 3.8) is 0 Å². The van der Waals surface area contributed by atoms with Gasteiger partial charge in [0.2, 0.25) is 0 Å². The lowest BCUT2D eigenvalue weighted by Gasteiger charge is -2.28. The second-order valence-corrected chi connectivity index (χ2v) is 31.6. The molecule has 3 aromatic carbocycles. The Hall–Kier alpha value is -1.02. The van der Waals surface area contributed by atoms with E-state index in [2.05, 4.69) is 116 Å². The van der Waals surface area contributed by atoms with Crippen molar-refractivity contribution in [1.82, 2.24) is 0 Å². The second kappa shape index (κ2) is 16.0. The van der Waals surface area contributed by atoms with Crippen LogP contribution in [0.15, 0.2) is 60.7 Å². The van der Waals surface area contributed by atoms with E-state index < -0.39 is 0 Å². The average Bonchev–Trinajstić information content (AvgIpc) is 4.10. The molecule has 58 heavy (non-hydrogen) atoms. The lowest BCUT2D eigenvalue weighted by molar-refractivity contribution is 0.365. The molecule has 8 fully saturated rings. The number of hydrogen-bond donors (Lipinski definition) is 0. The molecule has 0 amide bonds. The van der Waals surface area contributed by atoms with Crippen LogP contribution in [0.5, 0.6) is 11.5 Å². The van der Waals surface area contributed by atoms with Crippen LogP contribution in [0, 0.1) is 47.3 Å². The first kappa shape index (κ1) is 41.0. The van der Waals surface area contributed by atoms with Crippen LogP contribution in [-0.2, 0) is 0 Å². The third-order valence-electron chi connectivity index (χ3n) is 17.7. The molecule has 8 unspecified atom stereocenters. The third-order valence-corrected chi connectivity index (χ3v) is 33.1. The number of ether oxygens (including phenoxy) is 2. The third kappa shape index (κ3) is 6.42. The van der Waals surface area contributed by atoms with Crippen LogP contribution in [-0.4, -0.2) is 59.5 Å². The standard InChI is InChI=1S/C30H40O2P2.C22H32P2/c1-17-13-26-18(2)14-25(17)33(26)23-11-7-9-21(31-5)29(23)30-22(32-6)10-8-12-24(30)34-27-16-20(4)28(34)15-19(27)3;1-13-9-20-14(2)10-19(13)23(20)17-7-5-6-8-18(17)24-21-12-16(4)22(24)11-15(21)3/h7-12,17-20,25-28H,13-16H2,1-6H3;5-8,13-16,19-22H,9-12H2,1-4H3/t17-,18-,19-,20-,25?,26?,27?,28?,33?,34?;13-,14-,15-,16-,19?,20?,21?,22?,23?,24?/m11/s1. The first-order chi connectivity index (χ1) is 28.0. The average molecular weight is 853 g/mol. The zero-order valence-electron chi connectivity index (χ0n) is 37.3. The maximum Gasteiger partial charge on any atom is 0.127 e. The summed E-state index contributed by atoms with van der Waals surface area (Å²) in [6.07, 6.45) is 11.7. The molecule has 8 aliphatic rings. The highest BCUT2D eigenvalue weighted by Gasteiger charge is 2.56. The number of methoxy groups -OCH3 is 2. The molecule has 3 aromatic rings. The highest BCUT2D eigenvalue weighted by Crippen LogP contribution is 2.72. The minimum Gasteiger partial charge on any atom is -0.496 e. The molecule has 0 spiro atoms. The van der Waals surface area contributed by atoms with Crippen LogP contribution >= 0.6 is 31.7 Å². The molecule has 0 aromatic heterocycles. The zero-order valence-corrected chi connectivity index (χ0v) is 40.9. The van der Waals surface area contributed by atoms with E-state index >= 15 is 0 Å². The van der Waals surface area contributed by atoms with E-state index in [-0.39, 0.29) is 31.7 Å². The van der Waals surface area contributed by atoms with E-state index in [1.165, 1.54) is 62.5 Å². The van der Waals surface area contributed by atoms with E-state index in [4.69, 9.17) is 9.47 Å². The van der Waals surface area contributed by atoms with Crippen molar-refractivity contribution < 1.29 is 9.47 Å². The molecule has 8 saturated heterocycles. The Labute approximate surface area is 357 Å². The molecule has 6 heteroatoms. The summed E-state index contributed by atoms with van der Waals surface area (Å²) in [6.45, 7) is 20.2. The number of fused-ring (bicyclic) bond motifs is 8. The summed E-state index contributed by atoms with van der Waals surface area (Å²) in [5.41, 5.74) is 10.3. The Kier molecular flexibility index (Phi) is 11.3. The lowest BCUT2D eigenvalue weighted by atomic mass is 9.84. The van der Waals surface area contributed by atoms with Crippen molar-refractivity contribution >= 4 is 52.9 Å². The summed E-state index contributed by atoms with van der Waals surface area (Å²) in [5.74, 6) is 9.40. The quantitative estimate of drug-likeness (QED) is 0.221. The molecule has 11 rings (SSSR count). The molecular weight excluding hydrogens is 780 g/mol. The second-order valence-electron chi connectivity index (χ2n) is 21.1. The lowest BCUT2D eigenvalue weighted by Crippen LogP contribution is -2.27. The topological polar surface area (TPSA) is 18.5 Å². The predicted octanol–water partition coefficient (Wildman–Crippen LogP) is 12.8. The van der Waals surface area contributed by atoms with Crippen molar-refractivity contribution in [2.45, 2.75) is 152 Å². The maximum absolute atomic E-state index is 6.14. The normalized spacial score (nSPS) is 45.2. The molecule has 0 radical (unpaired) electrons. The van der Waals surface area contributed by atoms with Crippen molar-refractivity contribution in [1.29, 1.82) is 0 Å². The molecule has 16 atom stereocenters. The van der Waals surface area contributed by atoms with Gasteiger partial charge in [0.25, 0.3) is 0 Å². The van der Waals surface area contributed by atoms with Crippen molar-refractivity contribution in [2.24, 2.45) is 47.3 Å². The van der Waals surface area contributed by atoms with Gasteiger partial charge in [0, 0.05) is 11.1 Å². The van der Waals surface area contributed by atoms with Gasteiger partial charge in [0.05, 0.1) is 14.2 Å². The Morgan fingerprint density at radius 2 is 0.552 bits per heavy atom. The van der Waals surface area contributed by atoms with Crippen LogP contribution in [0.25, 0.3) is 11.1 Å². The van der Waals surface area contributed by atoms with Gasteiger partial charge in [0.1, 0.15) is 11.5 Å². The Balaban J connectivity index is 0.000000149. The number of rotatable bonds is 7. The van der Waals surface area contributed by atoms with Gasteiger partial charge in [-0.2, -0.15) is 0 Å². The summed E-state index contributed by atoms with van der Waals surface area (Å²) in [7, 11) is 3.55. The first-order valence-electron chi connectivity index (χ1n) is 23.6. The maximum atomic E-state index is 6.14. The summed E-state index contributed by atoms with van der Waals surface area (Å²) >= 11 is 0. The molecule has 0 aliphatic carbocycles. The Morgan fingerprint density at radius 3 is 0.793 bits per heavy atom. The fourth-order valence-corrected chi connectivity index (χ4v) is 32.9. The molecule has 8 bridgehead atoms. The fraction of sp³-hybridized carbons (Fsp3) is 0.654. The monoisotopic (exact) mass is 852 g/mol. The van der Waals surface area contributed by atoms with E-state index in [1.54, 1.807) is 10.6 Å². The summed E-state index contributed by atoms with van der Waals surface area (Å²) in [4.78, 5) is 0. The van der Waals surface area contributed by atoms with Gasteiger partial charge >= 0.3 is 0 Å². The van der Waals surface area contributed by atoms with Crippen molar-refractivity contribution in [3.05, 3.63) is 60.7 Å². The van der Waals surface area contributed by atoms with Crippen LogP contribution in [0.4, 0.5) is 0 Å². The molecular formula is C52H72O2P4. The number of benzene rings is 3. The van der Waals surface area contributed by atoms with Crippen molar-refractivity contribution in [2.75, 3.05) is 14.2 Å². The van der Waals surface area contributed by atoms with Gasteiger partial charge in [-0.15, -0.1) is 0 Å². The minimum atomic E-state index is -0.191. The first-order valence-corrected chi connectivity index (χ1v) is 29.5. The van der Waals surface area contributed by atoms with Gasteiger partial charge in [-0.25, -0.2) is 0 Å². The molecule has 2 nitrogen and oxygen atoms in total. The van der Waals surface area contributed by atoms with Crippen molar-refractivity contribution in [3.8, 4) is 22.6 Å². The predicted molar refractivity (Wildman–Crippen MR) is 258 cm³/mol. The molecule has 8 heterocycles. The summed E-state index contributed by atoms with van der Waals surface area (Å²) < 4.78 is 12.3. The number of hydrogen-bond acceptors (Lipinski definition) is 2. The van der Waals surface area contributed by atoms with Crippen LogP contribution in [0.1, 0.15) is 107 Å². The van der Waals surface area contributed by atoms with Gasteiger partial charge < -0.3 is 9.47 Å². The van der Waals surface area contributed by atoms with E-state index in [1.807, 2.05) is 24.8 Å². The smallest absolute Gasteiger partial charge is 0.127 e. The highest BCUT2D eigenvalue weighted by molar-refractivity contribution is 7.74. The zero-order chi connectivity index (χ0) is 40.3. The Bertz CT molecular complexity index is 1790. The minimum absolute atomic E-state index is 0.110. The van der Waals surface area contributed by atoms with Crippen LogP contribution in [0.2, 0.25) is 0 Å². The molecule has 0 N–H and O–H groups in total. The molecule has 8 aliphatic heterocycles. The van der Waals surface area contributed by atoms with E-state index in [0.29, 0.717) is 0 Å². The Morgan fingerprint density at radius 1 is 0.328 bits per heavy atom. The van der Waals surface area contributed by atoms with Gasteiger partial charge in [-0.05, 0) is 177 Å².